The van der Waals surface area contributed by atoms with E-state index < -0.39 is 24.0 Å². The summed E-state index contributed by atoms with van der Waals surface area (Å²) in [5.41, 5.74) is 2.59. The molecule has 0 radical (unpaired) electrons. The van der Waals surface area contributed by atoms with E-state index in [1.54, 1.807) is 66.3 Å². The first-order valence-electron chi connectivity index (χ1n) is 14.4. The van der Waals surface area contributed by atoms with Crippen LogP contribution in [0.5, 0.6) is 17.2 Å². The molecule has 3 atom stereocenters. The van der Waals surface area contributed by atoms with E-state index in [1.807, 2.05) is 12.1 Å². The van der Waals surface area contributed by atoms with Crippen molar-refractivity contribution >= 4 is 22.7 Å². The Morgan fingerprint density at radius 2 is 1.86 bits per heavy atom. The average molecular weight is 607 g/mol. The van der Waals surface area contributed by atoms with Crippen molar-refractivity contribution in [3.05, 3.63) is 78.0 Å². The van der Waals surface area contributed by atoms with Crippen LogP contribution in [0.25, 0.3) is 16.6 Å². The molecule has 12 heteroatoms. The lowest BCUT2D eigenvalue weighted by Crippen LogP contribution is -2.46. The maximum atomic E-state index is 13.7. The number of benzene rings is 3. The summed E-state index contributed by atoms with van der Waals surface area (Å²) >= 11 is 0. The van der Waals surface area contributed by atoms with Gasteiger partial charge < -0.3 is 29.6 Å². The Kier molecular flexibility index (Phi) is 8.09. The van der Waals surface area contributed by atoms with Crippen molar-refractivity contribution in [2.45, 2.75) is 44.4 Å². The molecule has 4 aromatic rings. The molecule has 0 saturated carbocycles. The van der Waals surface area contributed by atoms with Gasteiger partial charge in [0.25, 0.3) is 11.8 Å². The highest BCUT2D eigenvalue weighted by atomic mass is 19.3. The van der Waals surface area contributed by atoms with Gasteiger partial charge in [-0.2, -0.15) is 13.9 Å². The minimum Gasteiger partial charge on any atom is -0.486 e. The topological polar surface area (TPSA) is 113 Å². The third-order valence-electron chi connectivity index (χ3n) is 7.53. The monoisotopic (exact) mass is 606 g/mol. The Labute approximate surface area is 252 Å². The molecular weight excluding hydrogens is 574 g/mol. The lowest BCUT2D eigenvalue weighted by atomic mass is 10.0. The summed E-state index contributed by atoms with van der Waals surface area (Å²) in [4.78, 5) is 25.0. The zero-order valence-electron chi connectivity index (χ0n) is 24.2. The van der Waals surface area contributed by atoms with E-state index >= 15 is 0 Å². The van der Waals surface area contributed by atoms with Crippen LogP contribution in [0, 0.1) is 0 Å². The SMILES string of the molecule is C[C@H](NC(=O)C(C)(F)F)[C@H](Oc1ccc2c(cnn2-c2cccc(C(=O)NC3CCOC3)c2)c1)c1ccc2c(c1)OCCO2. The van der Waals surface area contributed by atoms with Crippen molar-refractivity contribution in [1.29, 1.82) is 0 Å². The predicted molar refractivity (Wildman–Crippen MR) is 157 cm³/mol. The molecule has 230 valence electrons. The van der Waals surface area contributed by atoms with E-state index in [2.05, 4.69) is 15.7 Å². The van der Waals surface area contributed by atoms with Gasteiger partial charge >= 0.3 is 5.92 Å². The number of hydrogen-bond donors (Lipinski definition) is 2. The zero-order valence-corrected chi connectivity index (χ0v) is 24.2. The standard InChI is InChI=1S/C32H32F2N4O6/c1-19(36-31(40)32(2,33)34)29(20-6-9-27-28(16-20)43-13-12-42-27)44-25-7-8-26-22(15-25)17-35-38(26)24-5-3-4-21(14-24)30(39)37-23-10-11-41-18-23/h3-9,14-17,19,23,29H,10-13,18H2,1-2H3,(H,36,40)(H,37,39)/t19-,23?,29-/m0/s1. The van der Waals surface area contributed by atoms with Crippen molar-refractivity contribution in [3.63, 3.8) is 0 Å². The van der Waals surface area contributed by atoms with Crippen molar-refractivity contribution in [3.8, 4) is 22.9 Å². The van der Waals surface area contributed by atoms with Gasteiger partial charge in [-0.05, 0) is 67.4 Å². The molecule has 6 rings (SSSR count). The maximum absolute atomic E-state index is 13.7. The second-order valence-corrected chi connectivity index (χ2v) is 11.0. The highest BCUT2D eigenvalue weighted by molar-refractivity contribution is 5.95. The smallest absolute Gasteiger partial charge is 0.321 e. The lowest BCUT2D eigenvalue weighted by Gasteiger charge is -2.28. The molecule has 0 spiro atoms. The zero-order chi connectivity index (χ0) is 30.8. The second-order valence-electron chi connectivity index (χ2n) is 11.0. The first-order valence-corrected chi connectivity index (χ1v) is 14.4. The molecule has 1 saturated heterocycles. The number of fused-ring (bicyclic) bond motifs is 2. The van der Waals surface area contributed by atoms with Crippen LogP contribution in [0.2, 0.25) is 0 Å². The normalized spacial score (nSPS) is 17.6. The molecule has 1 fully saturated rings. The molecule has 3 heterocycles. The quantitative estimate of drug-likeness (QED) is 0.287. The van der Waals surface area contributed by atoms with Crippen LogP contribution in [0.4, 0.5) is 8.78 Å². The number of carbonyl (C=O) groups is 2. The number of ether oxygens (including phenoxy) is 4. The molecule has 2 aliphatic rings. The first-order chi connectivity index (χ1) is 21.2. The molecule has 1 aromatic heterocycles. The van der Waals surface area contributed by atoms with Gasteiger partial charge in [-0.15, -0.1) is 0 Å². The van der Waals surface area contributed by atoms with Gasteiger partial charge in [0, 0.05) is 24.5 Å². The largest absolute Gasteiger partial charge is 0.486 e. The average Bonchev–Trinajstić information content (AvgIpc) is 3.69. The van der Waals surface area contributed by atoms with Crippen molar-refractivity contribution in [1.82, 2.24) is 20.4 Å². The first kappa shape index (κ1) is 29.4. The number of nitrogens with zero attached hydrogens (tertiary/aromatic N) is 2. The van der Waals surface area contributed by atoms with Crippen molar-refractivity contribution < 1.29 is 37.3 Å². The Bertz CT molecular complexity index is 1680. The minimum atomic E-state index is -3.55. The summed E-state index contributed by atoms with van der Waals surface area (Å²) in [5, 5.41) is 10.7. The summed E-state index contributed by atoms with van der Waals surface area (Å²) in [6.07, 6.45) is 1.61. The summed E-state index contributed by atoms with van der Waals surface area (Å²) in [6, 6.07) is 16.9. The fourth-order valence-electron chi connectivity index (χ4n) is 5.24. The fourth-order valence-corrected chi connectivity index (χ4v) is 5.24. The van der Waals surface area contributed by atoms with Crippen LogP contribution in [-0.2, 0) is 9.53 Å². The summed E-state index contributed by atoms with van der Waals surface area (Å²) < 4.78 is 52.2. The highest BCUT2D eigenvalue weighted by Crippen LogP contribution is 2.36. The number of aromatic nitrogens is 2. The van der Waals surface area contributed by atoms with Crippen LogP contribution in [0.1, 0.15) is 42.3 Å². The van der Waals surface area contributed by atoms with Crippen molar-refractivity contribution in [2.75, 3.05) is 26.4 Å². The number of amides is 2. The number of rotatable bonds is 9. The third kappa shape index (κ3) is 6.30. The van der Waals surface area contributed by atoms with Gasteiger partial charge in [0.2, 0.25) is 0 Å². The number of halogens is 2. The highest BCUT2D eigenvalue weighted by Gasteiger charge is 2.35. The lowest BCUT2D eigenvalue weighted by molar-refractivity contribution is -0.144. The van der Waals surface area contributed by atoms with E-state index in [1.165, 1.54) is 0 Å². The molecule has 10 nitrogen and oxygen atoms in total. The molecule has 2 aliphatic heterocycles. The Balaban J connectivity index is 1.26. The molecule has 44 heavy (non-hydrogen) atoms. The minimum absolute atomic E-state index is 0.00407. The molecule has 2 N–H and O–H groups in total. The van der Waals surface area contributed by atoms with Crippen LogP contribution >= 0.6 is 0 Å². The Morgan fingerprint density at radius 1 is 1.05 bits per heavy atom. The summed E-state index contributed by atoms with van der Waals surface area (Å²) in [7, 11) is 0. The molecule has 3 aromatic carbocycles. The molecular formula is C32H32F2N4O6. The molecule has 0 bridgehead atoms. The van der Waals surface area contributed by atoms with Crippen LogP contribution in [0.3, 0.4) is 0 Å². The van der Waals surface area contributed by atoms with E-state index in [-0.39, 0.29) is 11.9 Å². The maximum Gasteiger partial charge on any atom is 0.321 e. The van der Waals surface area contributed by atoms with E-state index in [9.17, 15) is 18.4 Å². The van der Waals surface area contributed by atoms with Crippen LogP contribution in [-0.4, -0.2) is 66.0 Å². The molecule has 2 amide bonds. The molecule has 1 unspecified atom stereocenters. The van der Waals surface area contributed by atoms with Crippen LogP contribution < -0.4 is 24.8 Å². The van der Waals surface area contributed by atoms with Gasteiger partial charge in [-0.3, -0.25) is 9.59 Å². The van der Waals surface area contributed by atoms with E-state index in [4.69, 9.17) is 18.9 Å². The number of carbonyl (C=O) groups excluding carboxylic acids is 2. The fraction of sp³-hybridized carbons (Fsp3) is 0.344. The van der Waals surface area contributed by atoms with Gasteiger partial charge in [0.15, 0.2) is 11.5 Å². The third-order valence-corrected chi connectivity index (χ3v) is 7.53. The van der Waals surface area contributed by atoms with Gasteiger partial charge in [-0.25, -0.2) is 4.68 Å². The van der Waals surface area contributed by atoms with Crippen molar-refractivity contribution in [2.24, 2.45) is 0 Å². The van der Waals surface area contributed by atoms with Gasteiger partial charge in [0.1, 0.15) is 25.1 Å². The predicted octanol–water partition coefficient (Wildman–Crippen LogP) is 4.60. The van der Waals surface area contributed by atoms with Gasteiger partial charge in [0.05, 0.1) is 36.1 Å². The second kappa shape index (κ2) is 12.1. The van der Waals surface area contributed by atoms with E-state index in [0.29, 0.717) is 67.4 Å². The number of nitrogens with one attached hydrogen (secondary N) is 2. The number of hydrogen-bond acceptors (Lipinski definition) is 7. The molecule has 0 aliphatic carbocycles. The Hall–Kier alpha value is -4.71. The van der Waals surface area contributed by atoms with E-state index in [0.717, 1.165) is 17.3 Å². The summed E-state index contributed by atoms with van der Waals surface area (Å²) in [5.74, 6) is -3.62. The van der Waals surface area contributed by atoms with Gasteiger partial charge in [-0.1, -0.05) is 12.1 Å². The van der Waals surface area contributed by atoms with Crippen LogP contribution in [0.15, 0.2) is 66.9 Å². The summed E-state index contributed by atoms with van der Waals surface area (Å²) in [6.45, 7) is 4.09. The Morgan fingerprint density at radius 3 is 2.64 bits per heavy atom. The number of alkyl halides is 2.